The Balaban J connectivity index is 1.65. The van der Waals surface area contributed by atoms with E-state index in [1.165, 1.54) is 42.6 Å². The van der Waals surface area contributed by atoms with Gasteiger partial charge >= 0.3 is 12.1 Å². The van der Waals surface area contributed by atoms with Crippen LogP contribution in [0.3, 0.4) is 0 Å². The molecule has 2 heterocycles. The average molecular weight is 683 g/mol. The highest BCUT2D eigenvalue weighted by Crippen LogP contribution is 2.39. The number of halogens is 4. The maximum Gasteiger partial charge on any atom is 0.418 e. The van der Waals surface area contributed by atoms with Gasteiger partial charge in [0.25, 0.3) is 11.8 Å². The maximum absolute atomic E-state index is 14.9. The third-order valence-corrected chi connectivity index (χ3v) is 7.94. The Bertz CT molecular complexity index is 1800. The van der Waals surface area contributed by atoms with Crippen molar-refractivity contribution in [3.8, 4) is 6.07 Å². The van der Waals surface area contributed by atoms with Crippen LogP contribution in [0.25, 0.3) is 0 Å². The summed E-state index contributed by atoms with van der Waals surface area (Å²) in [6.07, 6.45) is -1.10. The predicted octanol–water partition coefficient (Wildman–Crippen LogP) is 5.98. The zero-order valence-corrected chi connectivity index (χ0v) is 26.7. The first-order valence-electron chi connectivity index (χ1n) is 14.8. The Labute approximate surface area is 278 Å². The number of amides is 5. The van der Waals surface area contributed by atoms with Gasteiger partial charge in [-0.05, 0) is 57.2 Å². The van der Waals surface area contributed by atoms with Gasteiger partial charge in [-0.3, -0.25) is 19.4 Å². The van der Waals surface area contributed by atoms with Crippen LogP contribution in [0.1, 0.15) is 50.8 Å². The van der Waals surface area contributed by atoms with Crippen molar-refractivity contribution in [2.24, 2.45) is 0 Å². The second-order valence-corrected chi connectivity index (χ2v) is 12.8. The standard InChI is InChI=1S/C33H30ClF3N6O5/c1-32(2,3)48-31(47)41-18-25(43(30(41)46)26-13-19(17-38)11-12-39-26)29(45)42(22-8-6-7-20(35)14-22)27(23-9-4-5-10-24(23)34)28(44)40-21-15-33(36,37)16-21/h4-14,21,25,27H,15-16,18H2,1-3H3,(H,40,44)/t25-,27?/m0/s1. The fourth-order valence-corrected chi connectivity index (χ4v) is 5.70. The Morgan fingerprint density at radius 1 is 1.12 bits per heavy atom. The highest BCUT2D eigenvalue weighted by molar-refractivity contribution is 6.31. The minimum Gasteiger partial charge on any atom is -0.443 e. The van der Waals surface area contributed by atoms with Crippen LogP contribution in [-0.4, -0.2) is 64.0 Å². The van der Waals surface area contributed by atoms with Gasteiger partial charge in [-0.15, -0.1) is 0 Å². The summed E-state index contributed by atoms with van der Waals surface area (Å²) in [6.45, 7) is 4.16. The molecule has 1 aromatic heterocycles. The van der Waals surface area contributed by atoms with Gasteiger partial charge < -0.3 is 10.1 Å². The lowest BCUT2D eigenvalue weighted by Gasteiger charge is -2.39. The fraction of sp³-hybridized carbons (Fsp3) is 0.333. The molecule has 15 heteroatoms. The quantitative estimate of drug-likeness (QED) is 0.324. The highest BCUT2D eigenvalue weighted by Gasteiger charge is 2.51. The zero-order chi connectivity index (χ0) is 35.0. The van der Waals surface area contributed by atoms with Crippen molar-refractivity contribution in [1.29, 1.82) is 5.26 Å². The van der Waals surface area contributed by atoms with Crippen molar-refractivity contribution in [3.63, 3.8) is 0 Å². The summed E-state index contributed by atoms with van der Waals surface area (Å²) in [5.74, 6) is -5.80. The summed E-state index contributed by atoms with van der Waals surface area (Å²) in [5.41, 5.74) is -1.00. The molecule has 2 aromatic carbocycles. The lowest BCUT2D eigenvalue weighted by Crippen LogP contribution is -2.56. The van der Waals surface area contributed by atoms with Gasteiger partial charge in [0.1, 0.15) is 29.3 Å². The smallest absolute Gasteiger partial charge is 0.418 e. The van der Waals surface area contributed by atoms with E-state index in [-0.39, 0.29) is 27.7 Å². The van der Waals surface area contributed by atoms with E-state index in [1.807, 2.05) is 6.07 Å². The lowest BCUT2D eigenvalue weighted by molar-refractivity contribution is -0.133. The average Bonchev–Trinajstić information content (AvgIpc) is 3.35. The third-order valence-electron chi connectivity index (χ3n) is 7.59. The molecule has 2 atom stereocenters. The second kappa shape index (κ2) is 13.2. The number of nitrogens with one attached hydrogen (secondary N) is 1. The van der Waals surface area contributed by atoms with Crippen molar-refractivity contribution < 1.29 is 37.1 Å². The second-order valence-electron chi connectivity index (χ2n) is 12.4. The molecule has 1 N–H and O–H groups in total. The molecule has 5 rings (SSSR count). The Hall–Kier alpha value is -5.16. The van der Waals surface area contributed by atoms with Gasteiger partial charge in [0.05, 0.1) is 18.2 Å². The van der Waals surface area contributed by atoms with Crippen LogP contribution in [0.2, 0.25) is 5.02 Å². The first kappa shape index (κ1) is 34.2. The SMILES string of the molecule is CC(C)(C)OC(=O)N1C[C@@H](C(=O)N(c2cccc(F)c2)C(C(=O)NC2CC(F)(F)C2)c2ccccc2Cl)N(c2cc(C#N)ccn2)C1=O. The van der Waals surface area contributed by atoms with E-state index in [9.17, 15) is 37.6 Å². The first-order chi connectivity index (χ1) is 22.6. The van der Waals surface area contributed by atoms with E-state index >= 15 is 0 Å². The largest absolute Gasteiger partial charge is 0.443 e. The number of anilines is 2. The number of pyridine rings is 1. The molecule has 0 spiro atoms. The number of imide groups is 1. The van der Waals surface area contributed by atoms with Gasteiger partial charge in [0.2, 0.25) is 5.91 Å². The maximum atomic E-state index is 14.9. The van der Waals surface area contributed by atoms with Gasteiger partial charge in [0, 0.05) is 41.4 Å². The molecule has 11 nitrogen and oxygen atoms in total. The highest BCUT2D eigenvalue weighted by atomic mass is 35.5. The van der Waals surface area contributed by atoms with Crippen LogP contribution in [0.5, 0.6) is 0 Å². The molecule has 0 radical (unpaired) electrons. The number of hydrogen-bond donors (Lipinski definition) is 1. The molecule has 0 bridgehead atoms. The number of ether oxygens (including phenoxy) is 1. The number of hydrogen-bond acceptors (Lipinski definition) is 7. The summed E-state index contributed by atoms with van der Waals surface area (Å²) >= 11 is 6.54. The van der Waals surface area contributed by atoms with Crippen molar-refractivity contribution in [1.82, 2.24) is 15.2 Å². The molecular weight excluding hydrogens is 653 g/mol. The summed E-state index contributed by atoms with van der Waals surface area (Å²) in [4.78, 5) is 62.7. The summed E-state index contributed by atoms with van der Waals surface area (Å²) in [5, 5.41) is 12.1. The normalized spacial score (nSPS) is 18.0. The predicted molar refractivity (Wildman–Crippen MR) is 168 cm³/mol. The first-order valence-corrected chi connectivity index (χ1v) is 15.2. The number of nitriles is 1. The number of carbonyl (C=O) groups is 4. The molecule has 5 amide bonds. The van der Waals surface area contributed by atoms with Crippen LogP contribution < -0.4 is 15.1 Å². The number of urea groups is 1. The minimum absolute atomic E-state index is 0.0314. The molecule has 3 aromatic rings. The van der Waals surface area contributed by atoms with Gasteiger partial charge in [-0.1, -0.05) is 35.9 Å². The van der Waals surface area contributed by atoms with Crippen LogP contribution in [0.15, 0.2) is 66.9 Å². The Morgan fingerprint density at radius 3 is 2.46 bits per heavy atom. The van der Waals surface area contributed by atoms with Crippen LogP contribution in [-0.2, 0) is 14.3 Å². The van der Waals surface area contributed by atoms with E-state index in [0.29, 0.717) is 4.90 Å². The van der Waals surface area contributed by atoms with Crippen LogP contribution in [0, 0.1) is 17.1 Å². The molecule has 2 fully saturated rings. The van der Waals surface area contributed by atoms with E-state index in [1.54, 1.807) is 32.9 Å². The Morgan fingerprint density at radius 2 is 1.83 bits per heavy atom. The van der Waals surface area contributed by atoms with Gasteiger partial charge in [0.15, 0.2) is 0 Å². The van der Waals surface area contributed by atoms with Gasteiger partial charge in [-0.25, -0.2) is 32.6 Å². The molecule has 48 heavy (non-hydrogen) atoms. The monoisotopic (exact) mass is 682 g/mol. The number of rotatable bonds is 7. The number of carbonyl (C=O) groups excluding carboxylic acids is 4. The molecular formula is C33H30ClF3N6O5. The number of nitrogens with zero attached hydrogens (tertiary/aromatic N) is 5. The van der Waals surface area contributed by atoms with Crippen molar-refractivity contribution in [2.45, 2.75) is 63.3 Å². The zero-order valence-electron chi connectivity index (χ0n) is 26.0. The number of benzene rings is 2. The Kier molecular flexibility index (Phi) is 9.37. The number of alkyl halides is 2. The summed E-state index contributed by atoms with van der Waals surface area (Å²) in [7, 11) is 0. The fourth-order valence-electron chi connectivity index (χ4n) is 5.46. The molecule has 1 aliphatic heterocycles. The molecule has 1 aliphatic carbocycles. The van der Waals surface area contributed by atoms with Crippen LogP contribution >= 0.6 is 11.6 Å². The van der Waals surface area contributed by atoms with Gasteiger partial charge in [-0.2, -0.15) is 5.26 Å². The lowest BCUT2D eigenvalue weighted by atomic mass is 9.87. The minimum atomic E-state index is -2.98. The van der Waals surface area contributed by atoms with E-state index in [4.69, 9.17) is 16.3 Å². The van der Waals surface area contributed by atoms with E-state index in [2.05, 4.69) is 10.3 Å². The molecule has 1 unspecified atom stereocenters. The summed E-state index contributed by atoms with van der Waals surface area (Å²) < 4.78 is 47.7. The van der Waals surface area contributed by atoms with Crippen molar-refractivity contribution in [3.05, 3.63) is 88.8 Å². The van der Waals surface area contributed by atoms with Crippen molar-refractivity contribution in [2.75, 3.05) is 16.3 Å². The molecule has 1 saturated heterocycles. The molecule has 1 saturated carbocycles. The molecule has 250 valence electrons. The van der Waals surface area contributed by atoms with E-state index < -0.39 is 78.8 Å². The topological polar surface area (TPSA) is 136 Å². The van der Waals surface area contributed by atoms with E-state index in [0.717, 1.165) is 21.9 Å². The summed E-state index contributed by atoms with van der Waals surface area (Å²) in [6, 6.07) is 10.1. The third kappa shape index (κ3) is 7.21. The van der Waals surface area contributed by atoms with Crippen molar-refractivity contribution >= 4 is 47.0 Å². The van der Waals surface area contributed by atoms with Crippen LogP contribution in [0.4, 0.5) is 34.3 Å². The molecule has 2 aliphatic rings. The number of aromatic nitrogens is 1.